The number of nitrogens with zero attached hydrogens (tertiary/aromatic N) is 2. The summed E-state index contributed by atoms with van der Waals surface area (Å²) in [6.45, 7) is 1.01. The van der Waals surface area contributed by atoms with Crippen LogP contribution in [0.5, 0.6) is 0 Å². The molecule has 4 rings (SSSR count). The van der Waals surface area contributed by atoms with Crippen LogP contribution < -0.4 is 0 Å². The van der Waals surface area contributed by atoms with Crippen LogP contribution >= 0.6 is 0 Å². The van der Waals surface area contributed by atoms with Crippen molar-refractivity contribution in [2.75, 3.05) is 13.2 Å². The van der Waals surface area contributed by atoms with Crippen LogP contribution in [-0.4, -0.2) is 35.1 Å². The van der Waals surface area contributed by atoms with E-state index in [1.807, 2.05) is 0 Å². The van der Waals surface area contributed by atoms with Crippen LogP contribution in [0.25, 0.3) is 5.69 Å². The van der Waals surface area contributed by atoms with Gasteiger partial charge in [-0.1, -0.05) is 0 Å². The Bertz CT molecular complexity index is 764. The molecule has 1 fully saturated rings. The molecule has 1 saturated heterocycles. The first kappa shape index (κ1) is 16.3. The minimum absolute atomic E-state index is 0.000962. The molecule has 0 bridgehead atoms. The van der Waals surface area contributed by atoms with Gasteiger partial charge in [0.25, 0.3) is 0 Å². The van der Waals surface area contributed by atoms with E-state index in [4.69, 9.17) is 9.47 Å². The highest BCUT2D eigenvalue weighted by atomic mass is 19.1. The van der Waals surface area contributed by atoms with Crippen molar-refractivity contribution in [1.82, 2.24) is 9.78 Å². The quantitative estimate of drug-likeness (QED) is 0.799. The van der Waals surface area contributed by atoms with Crippen molar-refractivity contribution in [3.8, 4) is 5.69 Å². The smallest absolute Gasteiger partial charge is 0.359 e. The zero-order valence-electron chi connectivity index (χ0n) is 14.0. The first-order chi connectivity index (χ1) is 12.2. The Balaban J connectivity index is 1.61. The minimum Gasteiger partial charge on any atom is -0.458 e. The Morgan fingerprint density at radius 2 is 2.04 bits per heavy atom. The highest BCUT2D eigenvalue weighted by Gasteiger charge is 2.27. The molecular formula is C19H21FN2O3. The van der Waals surface area contributed by atoms with Crippen LogP contribution in [0.4, 0.5) is 4.39 Å². The predicted molar refractivity (Wildman–Crippen MR) is 89.4 cm³/mol. The van der Waals surface area contributed by atoms with Crippen LogP contribution in [0.2, 0.25) is 0 Å². The Hall–Kier alpha value is -2.21. The molecular weight excluding hydrogens is 323 g/mol. The normalized spacial score (nSPS) is 19.6. The lowest BCUT2D eigenvalue weighted by molar-refractivity contribution is 0.0155. The zero-order chi connectivity index (χ0) is 17.2. The van der Waals surface area contributed by atoms with Gasteiger partial charge in [-0.25, -0.2) is 13.9 Å². The number of benzene rings is 1. The van der Waals surface area contributed by atoms with Crippen molar-refractivity contribution >= 4 is 5.97 Å². The third-order valence-electron chi connectivity index (χ3n) is 4.87. The lowest BCUT2D eigenvalue weighted by Gasteiger charge is -2.14. The van der Waals surface area contributed by atoms with Crippen molar-refractivity contribution in [3.05, 3.63) is 47.0 Å². The molecule has 0 spiro atoms. The highest BCUT2D eigenvalue weighted by molar-refractivity contribution is 5.89. The van der Waals surface area contributed by atoms with Gasteiger partial charge in [-0.15, -0.1) is 0 Å². The van der Waals surface area contributed by atoms with E-state index in [1.165, 1.54) is 12.1 Å². The molecule has 6 heteroatoms. The van der Waals surface area contributed by atoms with E-state index < -0.39 is 5.97 Å². The van der Waals surface area contributed by atoms with Crippen molar-refractivity contribution in [3.63, 3.8) is 0 Å². The van der Waals surface area contributed by atoms with Gasteiger partial charge in [0.05, 0.1) is 11.8 Å². The molecule has 0 unspecified atom stereocenters. The average Bonchev–Trinajstić information content (AvgIpc) is 3.28. The van der Waals surface area contributed by atoms with Crippen LogP contribution in [0, 0.1) is 5.82 Å². The van der Waals surface area contributed by atoms with Crippen molar-refractivity contribution < 1.29 is 18.7 Å². The summed E-state index contributed by atoms with van der Waals surface area (Å²) in [4.78, 5) is 12.6. The molecule has 0 amide bonds. The molecule has 2 aliphatic rings. The number of fused-ring (bicyclic) bond motifs is 1. The highest BCUT2D eigenvalue weighted by Crippen LogP contribution is 2.27. The zero-order valence-corrected chi connectivity index (χ0v) is 14.0. The summed E-state index contributed by atoms with van der Waals surface area (Å²) in [6, 6.07) is 6.17. The Kier molecular flexibility index (Phi) is 4.53. The molecule has 1 aromatic carbocycles. The number of hydrogen-bond donors (Lipinski definition) is 0. The summed E-state index contributed by atoms with van der Waals surface area (Å²) in [6.07, 6.45) is 5.71. The van der Waals surface area contributed by atoms with E-state index in [-0.39, 0.29) is 18.5 Å². The number of hydrogen-bond acceptors (Lipinski definition) is 4. The number of esters is 1. The summed E-state index contributed by atoms with van der Waals surface area (Å²) in [5, 5.41) is 4.52. The van der Waals surface area contributed by atoms with Gasteiger partial charge < -0.3 is 9.47 Å². The molecule has 1 aromatic heterocycles. The summed E-state index contributed by atoms with van der Waals surface area (Å²) >= 11 is 0. The van der Waals surface area contributed by atoms with Crippen LogP contribution in [-0.2, 0) is 22.3 Å². The molecule has 0 radical (unpaired) electrons. The monoisotopic (exact) mass is 344 g/mol. The van der Waals surface area contributed by atoms with E-state index in [0.29, 0.717) is 5.69 Å². The second kappa shape index (κ2) is 6.96. The van der Waals surface area contributed by atoms with Crippen molar-refractivity contribution in [2.24, 2.45) is 0 Å². The molecule has 1 aliphatic heterocycles. The maximum absolute atomic E-state index is 13.2. The van der Waals surface area contributed by atoms with Gasteiger partial charge in [-0.3, -0.25) is 0 Å². The molecule has 25 heavy (non-hydrogen) atoms. The number of halogens is 1. The van der Waals surface area contributed by atoms with Crippen molar-refractivity contribution in [2.45, 2.75) is 44.6 Å². The first-order valence-electron chi connectivity index (χ1n) is 8.88. The average molecular weight is 344 g/mol. The third-order valence-corrected chi connectivity index (χ3v) is 4.87. The number of aromatic nitrogens is 2. The standard InChI is InChI=1S/C19H21FN2O3/c20-13-7-9-14(10-8-13)22-17-6-2-1-5-16(17)18(21-22)19(23)25-12-15-4-3-11-24-15/h7-10,15H,1-6,11-12H2/t15-/m0/s1. The summed E-state index contributed by atoms with van der Waals surface area (Å²) in [7, 11) is 0. The summed E-state index contributed by atoms with van der Waals surface area (Å²) < 4.78 is 25.9. The Morgan fingerprint density at radius 3 is 2.80 bits per heavy atom. The van der Waals surface area contributed by atoms with Crippen molar-refractivity contribution in [1.29, 1.82) is 0 Å². The van der Waals surface area contributed by atoms with E-state index in [0.717, 1.165) is 62.1 Å². The SMILES string of the molecule is O=C(OC[C@@H]1CCCO1)c1nn(-c2ccc(F)cc2)c2c1CCCC2. The molecule has 1 aliphatic carbocycles. The second-order valence-electron chi connectivity index (χ2n) is 6.60. The predicted octanol–water partition coefficient (Wildman–Crippen LogP) is 3.23. The van der Waals surface area contributed by atoms with Gasteiger partial charge >= 0.3 is 5.97 Å². The number of carbonyl (C=O) groups is 1. The van der Waals surface area contributed by atoms with Gasteiger partial charge in [0, 0.05) is 17.9 Å². The van der Waals surface area contributed by atoms with Gasteiger partial charge in [0.1, 0.15) is 12.4 Å². The van der Waals surface area contributed by atoms with E-state index in [2.05, 4.69) is 5.10 Å². The van der Waals surface area contributed by atoms with Crippen LogP contribution in [0.3, 0.4) is 0 Å². The number of carbonyl (C=O) groups excluding carboxylic acids is 1. The maximum atomic E-state index is 13.2. The van der Waals surface area contributed by atoms with Crippen LogP contribution in [0.15, 0.2) is 24.3 Å². The van der Waals surface area contributed by atoms with E-state index in [9.17, 15) is 9.18 Å². The summed E-state index contributed by atoms with van der Waals surface area (Å²) in [5.74, 6) is -0.685. The third kappa shape index (κ3) is 3.31. The molecule has 1 atom stereocenters. The number of rotatable bonds is 4. The van der Waals surface area contributed by atoms with Gasteiger partial charge in [0.15, 0.2) is 5.69 Å². The molecule has 0 saturated carbocycles. The molecule has 2 aromatic rings. The number of ether oxygens (including phenoxy) is 2. The first-order valence-corrected chi connectivity index (χ1v) is 8.88. The van der Waals surface area contributed by atoms with Crippen LogP contribution in [0.1, 0.15) is 47.4 Å². The molecule has 132 valence electrons. The second-order valence-corrected chi connectivity index (χ2v) is 6.60. The lowest BCUT2D eigenvalue weighted by atomic mass is 9.95. The van der Waals surface area contributed by atoms with Gasteiger partial charge in [-0.05, 0) is 62.8 Å². The van der Waals surface area contributed by atoms with E-state index >= 15 is 0 Å². The maximum Gasteiger partial charge on any atom is 0.359 e. The largest absolute Gasteiger partial charge is 0.458 e. The minimum atomic E-state index is -0.394. The lowest BCUT2D eigenvalue weighted by Crippen LogP contribution is -2.19. The van der Waals surface area contributed by atoms with E-state index in [1.54, 1.807) is 16.8 Å². The molecule has 2 heterocycles. The Labute approximate surface area is 145 Å². The molecule has 0 N–H and O–H groups in total. The fourth-order valence-corrected chi connectivity index (χ4v) is 3.57. The molecule has 5 nitrogen and oxygen atoms in total. The summed E-state index contributed by atoms with van der Waals surface area (Å²) in [5.41, 5.74) is 3.14. The van der Waals surface area contributed by atoms with Gasteiger partial charge in [0.2, 0.25) is 0 Å². The topological polar surface area (TPSA) is 53.4 Å². The fourth-order valence-electron chi connectivity index (χ4n) is 3.57. The fraction of sp³-hybridized carbons (Fsp3) is 0.474. The van der Waals surface area contributed by atoms with Gasteiger partial charge in [-0.2, -0.15) is 5.10 Å². The Morgan fingerprint density at radius 1 is 1.24 bits per heavy atom.